The van der Waals surface area contributed by atoms with Crippen molar-refractivity contribution in [3.63, 3.8) is 0 Å². The molecule has 0 fully saturated rings. The summed E-state index contributed by atoms with van der Waals surface area (Å²) in [6.07, 6.45) is 1.75. The van der Waals surface area contributed by atoms with Crippen LogP contribution in [0.25, 0.3) is 11.3 Å². The third kappa shape index (κ3) is 3.61. The zero-order valence-corrected chi connectivity index (χ0v) is 12.6. The lowest BCUT2D eigenvalue weighted by Gasteiger charge is -2.07. The van der Waals surface area contributed by atoms with Crippen molar-refractivity contribution in [2.24, 2.45) is 5.92 Å². The topological polar surface area (TPSA) is 47.3 Å². The first-order valence-corrected chi connectivity index (χ1v) is 6.90. The highest BCUT2D eigenvalue weighted by molar-refractivity contribution is 5.66. The Morgan fingerprint density at radius 3 is 2.85 bits per heavy atom. The maximum Gasteiger partial charge on any atom is 0.208 e. The number of oxazole rings is 1. The number of methoxy groups -OCH3 is 1. The molecule has 1 N–H and O–H groups in total. The van der Waals surface area contributed by atoms with Gasteiger partial charge < -0.3 is 14.5 Å². The number of aryl methyl sites for hydroxylation is 1. The number of aromatic nitrogens is 1. The van der Waals surface area contributed by atoms with E-state index in [9.17, 15) is 0 Å². The predicted molar refractivity (Wildman–Crippen MR) is 79.8 cm³/mol. The van der Waals surface area contributed by atoms with Crippen LogP contribution in [0.3, 0.4) is 0 Å². The van der Waals surface area contributed by atoms with Gasteiger partial charge in [0.2, 0.25) is 5.89 Å². The maximum absolute atomic E-state index is 5.80. The van der Waals surface area contributed by atoms with Gasteiger partial charge in [-0.05, 0) is 31.5 Å². The molecule has 4 nitrogen and oxygen atoms in total. The number of nitrogens with one attached hydrogen (secondary N) is 1. The number of benzene rings is 1. The minimum atomic E-state index is 0.612. The van der Waals surface area contributed by atoms with Crippen LogP contribution < -0.4 is 10.1 Å². The molecule has 0 saturated heterocycles. The molecule has 0 radical (unpaired) electrons. The predicted octanol–water partition coefficient (Wildman–Crippen LogP) is 3.40. The van der Waals surface area contributed by atoms with Gasteiger partial charge in [0.25, 0.3) is 0 Å². The van der Waals surface area contributed by atoms with Crippen molar-refractivity contribution in [2.45, 2.75) is 27.3 Å². The number of hydrogen-bond acceptors (Lipinski definition) is 4. The minimum Gasteiger partial charge on any atom is -0.496 e. The molecule has 1 aromatic heterocycles. The molecular formula is C16H22N2O2. The third-order valence-corrected chi connectivity index (χ3v) is 3.00. The molecule has 0 aliphatic rings. The number of ether oxygens (including phenoxy) is 1. The molecule has 1 heterocycles. The summed E-state index contributed by atoms with van der Waals surface area (Å²) in [6, 6.07) is 6.01. The number of rotatable bonds is 6. The van der Waals surface area contributed by atoms with Crippen molar-refractivity contribution in [3.8, 4) is 17.1 Å². The molecule has 108 valence electrons. The first-order chi connectivity index (χ1) is 9.60. The summed E-state index contributed by atoms with van der Waals surface area (Å²) in [4.78, 5) is 4.31. The van der Waals surface area contributed by atoms with E-state index < -0.39 is 0 Å². The van der Waals surface area contributed by atoms with Crippen LogP contribution in [0.15, 0.2) is 28.8 Å². The highest BCUT2D eigenvalue weighted by Gasteiger charge is 2.11. The van der Waals surface area contributed by atoms with E-state index in [-0.39, 0.29) is 0 Å². The van der Waals surface area contributed by atoms with Crippen molar-refractivity contribution < 1.29 is 9.15 Å². The molecule has 2 rings (SSSR count). The molecule has 1 aromatic carbocycles. The van der Waals surface area contributed by atoms with Gasteiger partial charge in [0.15, 0.2) is 5.76 Å². The van der Waals surface area contributed by atoms with E-state index in [2.05, 4.69) is 24.1 Å². The molecule has 0 aliphatic carbocycles. The third-order valence-electron chi connectivity index (χ3n) is 3.00. The van der Waals surface area contributed by atoms with Gasteiger partial charge in [-0.2, -0.15) is 0 Å². The Kier molecular flexibility index (Phi) is 4.79. The molecule has 0 unspecified atom stereocenters. The Balaban J connectivity index is 2.14. The van der Waals surface area contributed by atoms with Gasteiger partial charge in [-0.3, -0.25) is 0 Å². The molecule has 0 aliphatic heterocycles. The normalized spacial score (nSPS) is 11.1. The quantitative estimate of drug-likeness (QED) is 0.877. The lowest BCUT2D eigenvalue weighted by molar-refractivity contribution is 0.412. The Hall–Kier alpha value is -1.81. The van der Waals surface area contributed by atoms with Crippen LogP contribution >= 0.6 is 0 Å². The van der Waals surface area contributed by atoms with Gasteiger partial charge in [0.1, 0.15) is 5.75 Å². The second-order valence-electron chi connectivity index (χ2n) is 5.35. The Bertz CT molecular complexity index is 561. The molecule has 2 aromatic rings. The standard InChI is InChI=1S/C16H22N2O2/c1-11(2)8-17-10-16-18-9-15(20-16)13-7-12(3)5-6-14(13)19-4/h5-7,9,11,17H,8,10H2,1-4H3. The van der Waals surface area contributed by atoms with Gasteiger partial charge in [-0.15, -0.1) is 0 Å². The lowest BCUT2D eigenvalue weighted by atomic mass is 10.1. The van der Waals surface area contributed by atoms with Gasteiger partial charge in [-0.1, -0.05) is 25.5 Å². The van der Waals surface area contributed by atoms with Crippen molar-refractivity contribution >= 4 is 0 Å². The monoisotopic (exact) mass is 274 g/mol. The summed E-state index contributed by atoms with van der Waals surface area (Å²) in [7, 11) is 1.66. The van der Waals surface area contributed by atoms with E-state index in [0.717, 1.165) is 29.2 Å². The van der Waals surface area contributed by atoms with Crippen LogP contribution in [-0.2, 0) is 6.54 Å². The first-order valence-electron chi connectivity index (χ1n) is 6.90. The zero-order chi connectivity index (χ0) is 14.5. The minimum absolute atomic E-state index is 0.612. The molecule has 0 atom stereocenters. The Morgan fingerprint density at radius 1 is 1.35 bits per heavy atom. The largest absolute Gasteiger partial charge is 0.496 e. The second kappa shape index (κ2) is 6.57. The van der Waals surface area contributed by atoms with E-state index in [1.165, 1.54) is 0 Å². The molecule has 0 bridgehead atoms. The van der Waals surface area contributed by atoms with Crippen molar-refractivity contribution in [1.82, 2.24) is 10.3 Å². The van der Waals surface area contributed by atoms with E-state index >= 15 is 0 Å². The van der Waals surface area contributed by atoms with Crippen LogP contribution in [0, 0.1) is 12.8 Å². The highest BCUT2D eigenvalue weighted by atomic mass is 16.5. The maximum atomic E-state index is 5.80. The molecular weight excluding hydrogens is 252 g/mol. The first kappa shape index (κ1) is 14.6. The fourth-order valence-corrected chi connectivity index (χ4v) is 2.00. The lowest BCUT2D eigenvalue weighted by Crippen LogP contribution is -2.18. The summed E-state index contributed by atoms with van der Waals surface area (Å²) in [6.45, 7) is 7.99. The van der Waals surface area contributed by atoms with E-state index in [1.807, 2.05) is 25.1 Å². The highest BCUT2D eigenvalue weighted by Crippen LogP contribution is 2.31. The second-order valence-corrected chi connectivity index (χ2v) is 5.35. The summed E-state index contributed by atoms with van der Waals surface area (Å²) >= 11 is 0. The van der Waals surface area contributed by atoms with E-state index in [1.54, 1.807) is 13.3 Å². The van der Waals surface area contributed by atoms with Gasteiger partial charge >= 0.3 is 0 Å². The summed E-state index contributed by atoms with van der Waals surface area (Å²) in [5.74, 6) is 2.85. The van der Waals surface area contributed by atoms with Gasteiger partial charge in [0, 0.05) is 0 Å². The van der Waals surface area contributed by atoms with E-state index in [0.29, 0.717) is 18.4 Å². The Morgan fingerprint density at radius 2 is 2.15 bits per heavy atom. The van der Waals surface area contributed by atoms with Crippen LogP contribution in [0.5, 0.6) is 5.75 Å². The number of hydrogen-bond donors (Lipinski definition) is 1. The van der Waals surface area contributed by atoms with E-state index in [4.69, 9.17) is 9.15 Å². The molecule has 0 saturated carbocycles. The smallest absolute Gasteiger partial charge is 0.208 e. The van der Waals surface area contributed by atoms with Crippen LogP contribution in [-0.4, -0.2) is 18.6 Å². The van der Waals surface area contributed by atoms with Crippen molar-refractivity contribution in [3.05, 3.63) is 35.9 Å². The summed E-state index contributed by atoms with van der Waals surface area (Å²) in [5.41, 5.74) is 2.10. The molecule has 4 heteroatoms. The fraction of sp³-hybridized carbons (Fsp3) is 0.438. The van der Waals surface area contributed by atoms with Gasteiger partial charge in [-0.25, -0.2) is 4.98 Å². The number of nitrogens with zero attached hydrogens (tertiary/aromatic N) is 1. The SMILES string of the molecule is COc1ccc(C)cc1-c1cnc(CNCC(C)C)o1. The van der Waals surface area contributed by atoms with Gasteiger partial charge in [0.05, 0.1) is 25.4 Å². The fourth-order valence-electron chi connectivity index (χ4n) is 2.00. The molecule has 0 spiro atoms. The summed E-state index contributed by atoms with van der Waals surface area (Å²) < 4.78 is 11.2. The van der Waals surface area contributed by atoms with Crippen LogP contribution in [0.4, 0.5) is 0 Å². The van der Waals surface area contributed by atoms with Crippen LogP contribution in [0.2, 0.25) is 0 Å². The van der Waals surface area contributed by atoms with Crippen LogP contribution in [0.1, 0.15) is 25.3 Å². The average molecular weight is 274 g/mol. The molecule has 0 amide bonds. The Labute approximate surface area is 120 Å². The average Bonchev–Trinajstić information content (AvgIpc) is 2.87. The summed E-state index contributed by atoms with van der Waals surface area (Å²) in [5, 5.41) is 3.32. The van der Waals surface area contributed by atoms with Crippen molar-refractivity contribution in [1.29, 1.82) is 0 Å². The molecule has 20 heavy (non-hydrogen) atoms. The zero-order valence-electron chi connectivity index (χ0n) is 12.6. The van der Waals surface area contributed by atoms with Crippen molar-refractivity contribution in [2.75, 3.05) is 13.7 Å².